The van der Waals surface area contributed by atoms with Crippen molar-refractivity contribution >= 4 is 17.7 Å². The third kappa shape index (κ3) is 2.72. The lowest BCUT2D eigenvalue weighted by molar-refractivity contribution is 0.144. The predicted octanol–water partition coefficient (Wildman–Crippen LogP) is 4.05. The monoisotopic (exact) mass is 302 g/mol. The zero-order valence-electron chi connectivity index (χ0n) is 11.3. The van der Waals surface area contributed by atoms with E-state index in [2.05, 4.69) is 10.3 Å². The van der Waals surface area contributed by atoms with Gasteiger partial charge in [0.25, 0.3) is 0 Å². The van der Waals surface area contributed by atoms with E-state index in [0.29, 0.717) is 5.15 Å². The Hall–Kier alpha value is -2.07. The average Bonchev–Trinajstić information content (AvgIpc) is 2.43. The number of rotatable bonds is 3. The summed E-state index contributed by atoms with van der Waals surface area (Å²) in [5, 5.41) is 12.1. The molecule has 1 aliphatic rings. The Morgan fingerprint density at radius 3 is 2.43 bits per heavy atom. The number of carbonyl (C=O) groups is 1. The first-order valence-corrected chi connectivity index (χ1v) is 7.20. The highest BCUT2D eigenvalue weighted by Crippen LogP contribution is 2.41. The Kier molecular flexibility index (Phi) is 3.55. The van der Waals surface area contributed by atoms with Gasteiger partial charge in [0.1, 0.15) is 5.15 Å². The molecule has 0 spiro atoms. The Labute approximate surface area is 127 Å². The van der Waals surface area contributed by atoms with E-state index in [0.717, 1.165) is 36.0 Å². The first-order valence-electron chi connectivity index (χ1n) is 6.83. The van der Waals surface area contributed by atoms with E-state index in [9.17, 15) is 4.79 Å². The molecular formula is C16H15ClN2O2. The normalized spacial score (nSPS) is 16.0. The third-order valence-corrected chi connectivity index (χ3v) is 4.26. The van der Waals surface area contributed by atoms with Crippen molar-refractivity contribution < 1.29 is 9.90 Å². The second-order valence-corrected chi connectivity index (χ2v) is 5.70. The van der Waals surface area contributed by atoms with Gasteiger partial charge in [-0.3, -0.25) is 0 Å². The van der Waals surface area contributed by atoms with Gasteiger partial charge in [-0.05, 0) is 48.1 Å². The van der Waals surface area contributed by atoms with Gasteiger partial charge in [-0.2, -0.15) is 0 Å². The molecule has 5 heteroatoms. The number of benzene rings is 1. The molecule has 2 N–H and O–H groups in total. The van der Waals surface area contributed by atoms with Crippen molar-refractivity contribution in [2.24, 2.45) is 0 Å². The van der Waals surface area contributed by atoms with Gasteiger partial charge >= 0.3 is 6.09 Å². The van der Waals surface area contributed by atoms with Crippen molar-refractivity contribution in [2.45, 2.75) is 24.8 Å². The van der Waals surface area contributed by atoms with Crippen LogP contribution in [0.15, 0.2) is 42.6 Å². The van der Waals surface area contributed by atoms with Crippen molar-refractivity contribution in [3.05, 3.63) is 53.3 Å². The minimum Gasteiger partial charge on any atom is -0.465 e. The fourth-order valence-corrected chi connectivity index (χ4v) is 2.96. The summed E-state index contributed by atoms with van der Waals surface area (Å²) in [6.45, 7) is 0. The third-order valence-electron chi connectivity index (χ3n) is 4.05. The van der Waals surface area contributed by atoms with Gasteiger partial charge in [-0.25, -0.2) is 9.78 Å². The molecule has 2 aromatic rings. The van der Waals surface area contributed by atoms with Crippen LogP contribution in [0.1, 0.15) is 24.8 Å². The SMILES string of the molecule is O=C(O)NC1(c2ccc(-c3ccnc(Cl)c3)cc2)CCC1. The number of amides is 1. The van der Waals surface area contributed by atoms with Gasteiger partial charge in [0, 0.05) is 6.20 Å². The quantitative estimate of drug-likeness (QED) is 0.841. The highest BCUT2D eigenvalue weighted by Gasteiger charge is 2.40. The second-order valence-electron chi connectivity index (χ2n) is 5.31. The fraction of sp³-hybridized carbons (Fsp3) is 0.250. The first kappa shape index (κ1) is 13.9. The summed E-state index contributed by atoms with van der Waals surface area (Å²) >= 11 is 5.90. The molecule has 1 aromatic carbocycles. The maximum Gasteiger partial charge on any atom is 0.405 e. The number of pyridine rings is 1. The number of halogens is 1. The number of hydrogen-bond donors (Lipinski definition) is 2. The maximum absolute atomic E-state index is 11.0. The van der Waals surface area contributed by atoms with Crippen LogP contribution in [0.2, 0.25) is 5.15 Å². The molecule has 0 saturated heterocycles. The van der Waals surface area contributed by atoms with E-state index in [1.54, 1.807) is 6.20 Å². The minimum absolute atomic E-state index is 0.416. The van der Waals surface area contributed by atoms with Gasteiger partial charge in [-0.15, -0.1) is 0 Å². The van der Waals surface area contributed by atoms with Gasteiger partial charge in [0.05, 0.1) is 5.54 Å². The Morgan fingerprint density at radius 1 is 1.19 bits per heavy atom. The molecule has 0 aliphatic heterocycles. The molecule has 4 nitrogen and oxygen atoms in total. The number of nitrogens with one attached hydrogen (secondary N) is 1. The molecule has 1 heterocycles. The van der Waals surface area contributed by atoms with E-state index in [1.807, 2.05) is 36.4 Å². The van der Waals surface area contributed by atoms with Crippen LogP contribution in [0.5, 0.6) is 0 Å². The van der Waals surface area contributed by atoms with Crippen molar-refractivity contribution in [1.82, 2.24) is 10.3 Å². The first-order chi connectivity index (χ1) is 10.1. The topological polar surface area (TPSA) is 62.2 Å². The standard InChI is InChI=1S/C16H15ClN2O2/c17-14-10-12(6-9-18-14)11-2-4-13(5-3-11)16(7-1-8-16)19-15(20)21/h2-6,9-10,19H,1,7-8H2,(H,20,21). The molecule has 21 heavy (non-hydrogen) atoms. The van der Waals surface area contributed by atoms with Crippen LogP contribution in [-0.2, 0) is 5.54 Å². The molecular weight excluding hydrogens is 288 g/mol. The summed E-state index contributed by atoms with van der Waals surface area (Å²) in [6, 6.07) is 11.7. The smallest absolute Gasteiger partial charge is 0.405 e. The van der Waals surface area contributed by atoms with Crippen LogP contribution in [0.3, 0.4) is 0 Å². The molecule has 1 amide bonds. The van der Waals surface area contributed by atoms with Crippen LogP contribution < -0.4 is 5.32 Å². The van der Waals surface area contributed by atoms with Crippen molar-refractivity contribution in [1.29, 1.82) is 0 Å². The largest absolute Gasteiger partial charge is 0.465 e. The van der Waals surface area contributed by atoms with Crippen LogP contribution in [0.25, 0.3) is 11.1 Å². The maximum atomic E-state index is 11.0. The lowest BCUT2D eigenvalue weighted by atomic mass is 9.71. The Bertz CT molecular complexity index is 666. The van der Waals surface area contributed by atoms with Crippen LogP contribution in [0.4, 0.5) is 4.79 Å². The molecule has 1 aliphatic carbocycles. The molecule has 0 atom stereocenters. The lowest BCUT2D eigenvalue weighted by Crippen LogP contribution is -2.50. The summed E-state index contributed by atoms with van der Waals surface area (Å²) in [5.74, 6) is 0. The molecule has 108 valence electrons. The van der Waals surface area contributed by atoms with Gasteiger partial charge in [0.2, 0.25) is 0 Å². The van der Waals surface area contributed by atoms with E-state index >= 15 is 0 Å². The Balaban J connectivity index is 1.88. The fourth-order valence-electron chi connectivity index (χ4n) is 2.78. The number of nitrogens with zero attached hydrogens (tertiary/aromatic N) is 1. The highest BCUT2D eigenvalue weighted by molar-refractivity contribution is 6.29. The average molecular weight is 303 g/mol. The minimum atomic E-state index is -0.973. The van der Waals surface area contributed by atoms with Gasteiger partial charge in [-0.1, -0.05) is 35.9 Å². The summed E-state index contributed by atoms with van der Waals surface area (Å²) in [5.41, 5.74) is 2.63. The van der Waals surface area contributed by atoms with Gasteiger partial charge in [0.15, 0.2) is 0 Å². The molecule has 3 rings (SSSR count). The molecule has 0 bridgehead atoms. The van der Waals surface area contributed by atoms with Gasteiger partial charge < -0.3 is 10.4 Å². The van der Waals surface area contributed by atoms with E-state index in [4.69, 9.17) is 16.7 Å². The van der Waals surface area contributed by atoms with E-state index in [1.165, 1.54) is 0 Å². The summed E-state index contributed by atoms with van der Waals surface area (Å²) in [4.78, 5) is 14.9. The molecule has 0 radical (unpaired) electrons. The zero-order valence-corrected chi connectivity index (χ0v) is 12.1. The van der Waals surface area contributed by atoms with Crippen molar-refractivity contribution in [3.63, 3.8) is 0 Å². The zero-order chi connectivity index (χ0) is 14.9. The molecule has 0 unspecified atom stereocenters. The predicted molar refractivity (Wildman–Crippen MR) is 81.4 cm³/mol. The van der Waals surface area contributed by atoms with Crippen LogP contribution >= 0.6 is 11.6 Å². The highest BCUT2D eigenvalue weighted by atomic mass is 35.5. The van der Waals surface area contributed by atoms with E-state index < -0.39 is 11.6 Å². The Morgan fingerprint density at radius 2 is 1.90 bits per heavy atom. The second kappa shape index (κ2) is 5.37. The van der Waals surface area contributed by atoms with Crippen molar-refractivity contribution in [2.75, 3.05) is 0 Å². The van der Waals surface area contributed by atoms with E-state index in [-0.39, 0.29) is 0 Å². The molecule has 1 saturated carbocycles. The summed E-state index contributed by atoms with van der Waals surface area (Å²) < 4.78 is 0. The summed E-state index contributed by atoms with van der Waals surface area (Å²) in [7, 11) is 0. The molecule has 1 aromatic heterocycles. The van der Waals surface area contributed by atoms with Crippen molar-refractivity contribution in [3.8, 4) is 11.1 Å². The lowest BCUT2D eigenvalue weighted by Gasteiger charge is -2.42. The number of carboxylic acid groups (broad SMARTS) is 1. The molecule has 1 fully saturated rings. The number of hydrogen-bond acceptors (Lipinski definition) is 2. The van der Waals surface area contributed by atoms with Crippen LogP contribution in [0, 0.1) is 0 Å². The van der Waals surface area contributed by atoms with Crippen LogP contribution in [-0.4, -0.2) is 16.2 Å². The number of aromatic nitrogens is 1. The summed E-state index contributed by atoms with van der Waals surface area (Å²) in [6.07, 6.45) is 3.44.